The van der Waals surface area contributed by atoms with Gasteiger partial charge in [-0.05, 0) is 30.2 Å². The van der Waals surface area contributed by atoms with E-state index in [1.54, 1.807) is 6.07 Å². The molecule has 0 spiro atoms. The van der Waals surface area contributed by atoms with E-state index in [1.807, 2.05) is 60.7 Å². The maximum absolute atomic E-state index is 13.0. The van der Waals surface area contributed by atoms with Gasteiger partial charge in [-0.25, -0.2) is 0 Å². The number of rotatable bonds is 4. The number of benzene rings is 3. The predicted octanol–water partition coefficient (Wildman–Crippen LogP) is 4.67. The summed E-state index contributed by atoms with van der Waals surface area (Å²) in [4.78, 5) is 17.6. The van der Waals surface area contributed by atoms with Crippen LogP contribution >= 0.6 is 0 Å². The molecule has 3 aromatic carbocycles. The predicted molar refractivity (Wildman–Crippen MR) is 115 cm³/mol. The fourth-order valence-corrected chi connectivity index (χ4v) is 3.42. The van der Waals surface area contributed by atoms with Gasteiger partial charge in [-0.2, -0.15) is 14.8 Å². The van der Waals surface area contributed by atoms with Crippen LogP contribution in [0, 0.1) is 0 Å². The molecule has 0 fully saturated rings. The van der Waals surface area contributed by atoms with Crippen LogP contribution in [0.25, 0.3) is 39.4 Å². The first-order chi connectivity index (χ1) is 14.7. The summed E-state index contributed by atoms with van der Waals surface area (Å²) >= 11 is 0. The average Bonchev–Trinajstić information content (AvgIpc) is 3.30. The first kappa shape index (κ1) is 18.0. The molecule has 0 saturated heterocycles. The normalized spacial score (nSPS) is 11.1. The lowest BCUT2D eigenvalue weighted by Gasteiger charge is -2.08. The summed E-state index contributed by atoms with van der Waals surface area (Å²) in [7, 11) is 0. The number of hydrogen-bond acceptors (Lipinski definition) is 5. The van der Waals surface area contributed by atoms with Gasteiger partial charge in [0.1, 0.15) is 0 Å². The van der Waals surface area contributed by atoms with E-state index >= 15 is 0 Å². The van der Waals surface area contributed by atoms with Crippen molar-refractivity contribution in [1.82, 2.24) is 19.9 Å². The Hall–Kier alpha value is -4.06. The van der Waals surface area contributed by atoms with Gasteiger partial charge in [-0.3, -0.25) is 4.79 Å². The van der Waals surface area contributed by atoms with E-state index in [9.17, 15) is 4.79 Å². The molecule has 0 atom stereocenters. The molecule has 0 saturated carbocycles. The summed E-state index contributed by atoms with van der Waals surface area (Å²) in [5.74, 6) is 0.751. The Morgan fingerprint density at radius 3 is 2.30 bits per heavy atom. The minimum atomic E-state index is -0.199. The number of aromatic nitrogens is 4. The molecule has 6 nitrogen and oxygen atoms in total. The van der Waals surface area contributed by atoms with Crippen molar-refractivity contribution in [2.75, 3.05) is 0 Å². The molecule has 0 aliphatic rings. The smallest absolute Gasteiger partial charge is 0.279 e. The molecule has 2 aromatic heterocycles. The zero-order chi connectivity index (χ0) is 20.5. The van der Waals surface area contributed by atoms with Crippen LogP contribution in [0.15, 0.2) is 88.2 Å². The van der Waals surface area contributed by atoms with Crippen LogP contribution in [0.3, 0.4) is 0 Å². The van der Waals surface area contributed by atoms with Gasteiger partial charge >= 0.3 is 0 Å². The molecule has 0 N–H and O–H groups in total. The Morgan fingerprint density at radius 1 is 0.867 bits per heavy atom. The molecule has 0 unspecified atom stereocenters. The van der Waals surface area contributed by atoms with E-state index in [0.717, 1.165) is 12.0 Å². The van der Waals surface area contributed by atoms with E-state index in [-0.39, 0.29) is 11.4 Å². The number of aryl methyl sites for hydroxylation is 1. The Morgan fingerprint density at radius 2 is 1.57 bits per heavy atom. The molecule has 2 heterocycles. The highest BCUT2D eigenvalue weighted by molar-refractivity contribution is 5.92. The van der Waals surface area contributed by atoms with Gasteiger partial charge in [0, 0.05) is 10.9 Å². The van der Waals surface area contributed by atoms with Crippen LogP contribution < -0.4 is 5.56 Å². The Kier molecular flexibility index (Phi) is 4.44. The maximum atomic E-state index is 13.0. The van der Waals surface area contributed by atoms with Crippen LogP contribution in [0.1, 0.15) is 12.5 Å². The summed E-state index contributed by atoms with van der Waals surface area (Å²) in [6.45, 7) is 2.11. The van der Waals surface area contributed by atoms with Crippen LogP contribution in [0.4, 0.5) is 0 Å². The third-order valence-corrected chi connectivity index (χ3v) is 5.05. The van der Waals surface area contributed by atoms with Crippen molar-refractivity contribution in [3.8, 4) is 28.7 Å². The van der Waals surface area contributed by atoms with Crippen LogP contribution in [0.2, 0.25) is 0 Å². The summed E-state index contributed by atoms with van der Waals surface area (Å²) in [5.41, 5.74) is 3.05. The summed E-state index contributed by atoms with van der Waals surface area (Å²) in [6.07, 6.45) is 0.967. The van der Waals surface area contributed by atoms with Crippen molar-refractivity contribution in [2.45, 2.75) is 13.3 Å². The topological polar surface area (TPSA) is 73.8 Å². The first-order valence-electron chi connectivity index (χ1n) is 9.75. The molecule has 0 amide bonds. The largest absolute Gasteiger partial charge is 0.332 e. The molecule has 0 radical (unpaired) electrons. The number of para-hydroxylation sites is 1. The SMILES string of the molecule is CCc1ccc(-c2noc(-c3nn(-c4ccccc4)c(=O)c4ccccc34)n2)cc1. The van der Waals surface area contributed by atoms with Gasteiger partial charge in [-0.15, -0.1) is 0 Å². The quantitative estimate of drug-likeness (QED) is 0.443. The lowest BCUT2D eigenvalue weighted by atomic mass is 10.1. The van der Waals surface area contributed by atoms with Crippen LogP contribution in [0.5, 0.6) is 0 Å². The minimum Gasteiger partial charge on any atom is -0.332 e. The molecule has 5 rings (SSSR count). The van der Waals surface area contributed by atoms with Gasteiger partial charge in [-0.1, -0.05) is 72.7 Å². The van der Waals surface area contributed by atoms with Crippen LogP contribution in [-0.4, -0.2) is 19.9 Å². The van der Waals surface area contributed by atoms with Gasteiger partial charge < -0.3 is 4.52 Å². The molecule has 5 aromatic rings. The highest BCUT2D eigenvalue weighted by atomic mass is 16.5. The second-order valence-corrected chi connectivity index (χ2v) is 6.92. The van der Waals surface area contributed by atoms with E-state index in [2.05, 4.69) is 34.3 Å². The summed E-state index contributed by atoms with van der Waals surface area (Å²) < 4.78 is 6.93. The zero-order valence-electron chi connectivity index (χ0n) is 16.3. The Bertz CT molecular complexity index is 1390. The van der Waals surface area contributed by atoms with Crippen molar-refractivity contribution in [2.24, 2.45) is 0 Å². The zero-order valence-corrected chi connectivity index (χ0v) is 16.3. The van der Waals surface area contributed by atoms with Gasteiger partial charge in [0.2, 0.25) is 5.82 Å². The molecule has 146 valence electrons. The Labute approximate surface area is 172 Å². The third kappa shape index (κ3) is 3.08. The Balaban J connectivity index is 1.68. The van der Waals surface area contributed by atoms with Crippen molar-refractivity contribution in [3.63, 3.8) is 0 Å². The molecule has 0 aliphatic carbocycles. The average molecular weight is 394 g/mol. The molecular formula is C24H18N4O2. The minimum absolute atomic E-state index is 0.199. The van der Waals surface area contributed by atoms with E-state index in [0.29, 0.717) is 28.0 Å². The van der Waals surface area contributed by atoms with E-state index < -0.39 is 0 Å². The molecule has 30 heavy (non-hydrogen) atoms. The van der Waals surface area contributed by atoms with Gasteiger partial charge in [0.15, 0.2) is 5.69 Å². The van der Waals surface area contributed by atoms with Gasteiger partial charge in [0.25, 0.3) is 11.4 Å². The lowest BCUT2D eigenvalue weighted by molar-refractivity contribution is 0.430. The second-order valence-electron chi connectivity index (χ2n) is 6.92. The fraction of sp³-hybridized carbons (Fsp3) is 0.0833. The number of hydrogen-bond donors (Lipinski definition) is 0. The summed E-state index contributed by atoms with van der Waals surface area (Å²) in [5, 5.41) is 9.93. The molecule has 6 heteroatoms. The second kappa shape index (κ2) is 7.40. The monoisotopic (exact) mass is 394 g/mol. The maximum Gasteiger partial charge on any atom is 0.279 e. The number of nitrogens with zero attached hydrogens (tertiary/aromatic N) is 4. The van der Waals surface area contributed by atoms with E-state index in [1.165, 1.54) is 10.2 Å². The highest BCUT2D eigenvalue weighted by Crippen LogP contribution is 2.26. The molecule has 0 bridgehead atoms. The lowest BCUT2D eigenvalue weighted by Crippen LogP contribution is -2.22. The molecule has 0 aliphatic heterocycles. The van der Waals surface area contributed by atoms with Gasteiger partial charge in [0.05, 0.1) is 11.1 Å². The van der Waals surface area contributed by atoms with Crippen molar-refractivity contribution in [1.29, 1.82) is 0 Å². The van der Waals surface area contributed by atoms with Crippen molar-refractivity contribution < 1.29 is 4.52 Å². The summed E-state index contributed by atoms with van der Waals surface area (Å²) in [6, 6.07) is 24.7. The van der Waals surface area contributed by atoms with Crippen molar-refractivity contribution >= 4 is 10.8 Å². The third-order valence-electron chi connectivity index (χ3n) is 5.05. The van der Waals surface area contributed by atoms with Crippen LogP contribution in [-0.2, 0) is 6.42 Å². The first-order valence-corrected chi connectivity index (χ1v) is 9.75. The van der Waals surface area contributed by atoms with E-state index in [4.69, 9.17) is 4.52 Å². The fourth-order valence-electron chi connectivity index (χ4n) is 3.42. The molecular weight excluding hydrogens is 376 g/mol. The highest BCUT2D eigenvalue weighted by Gasteiger charge is 2.18. The van der Waals surface area contributed by atoms with Crippen molar-refractivity contribution in [3.05, 3.63) is 94.8 Å². The number of fused-ring (bicyclic) bond motifs is 1. The standard InChI is InChI=1S/C24H18N4O2/c1-2-16-12-14-17(15-13-16)22-25-23(30-27-22)21-19-10-6-7-11-20(19)24(29)28(26-21)18-8-4-3-5-9-18/h3-15H,2H2,1H3.